The first-order valence-electron chi connectivity index (χ1n) is 9.85. The van der Waals surface area contributed by atoms with Crippen LogP contribution in [0.3, 0.4) is 0 Å². The van der Waals surface area contributed by atoms with E-state index < -0.39 is 10.0 Å². The molecule has 0 radical (unpaired) electrons. The number of carbonyl (C=O) groups is 1. The lowest BCUT2D eigenvalue weighted by Crippen LogP contribution is -2.30. The number of hydrogen-bond acceptors (Lipinski definition) is 3. The SMILES string of the molecule is CCC[C@@H](C(=O)NCc1ccc(S(=O)(=O)N(CC)CC)cc1)c1ccccc1. The quantitative estimate of drug-likeness (QED) is 0.655. The van der Waals surface area contributed by atoms with E-state index in [1.54, 1.807) is 24.3 Å². The summed E-state index contributed by atoms with van der Waals surface area (Å²) in [7, 11) is -3.46. The molecule has 0 heterocycles. The summed E-state index contributed by atoms with van der Waals surface area (Å²) in [6.45, 7) is 6.97. The van der Waals surface area contributed by atoms with Gasteiger partial charge in [-0.15, -0.1) is 0 Å². The van der Waals surface area contributed by atoms with Crippen LogP contribution < -0.4 is 5.32 Å². The van der Waals surface area contributed by atoms with E-state index in [2.05, 4.69) is 12.2 Å². The normalized spacial score (nSPS) is 12.7. The molecule has 0 bridgehead atoms. The minimum Gasteiger partial charge on any atom is -0.351 e. The van der Waals surface area contributed by atoms with E-state index in [0.29, 0.717) is 19.6 Å². The van der Waals surface area contributed by atoms with Crippen LogP contribution in [0.5, 0.6) is 0 Å². The Morgan fingerprint density at radius 1 is 0.964 bits per heavy atom. The summed E-state index contributed by atoms with van der Waals surface area (Å²) in [6.07, 6.45) is 1.71. The van der Waals surface area contributed by atoms with Gasteiger partial charge in [-0.2, -0.15) is 4.31 Å². The third-order valence-electron chi connectivity index (χ3n) is 4.83. The van der Waals surface area contributed by atoms with Crippen molar-refractivity contribution < 1.29 is 13.2 Å². The number of rotatable bonds is 10. The molecule has 2 aromatic carbocycles. The second-order valence-electron chi connectivity index (χ2n) is 6.70. The fourth-order valence-electron chi connectivity index (χ4n) is 3.23. The number of nitrogens with one attached hydrogen (secondary N) is 1. The molecule has 6 heteroatoms. The number of amides is 1. The van der Waals surface area contributed by atoms with Crippen LogP contribution in [0.1, 0.15) is 50.7 Å². The van der Waals surface area contributed by atoms with Crippen LogP contribution >= 0.6 is 0 Å². The van der Waals surface area contributed by atoms with E-state index in [9.17, 15) is 13.2 Å². The van der Waals surface area contributed by atoms with Crippen molar-refractivity contribution in [2.24, 2.45) is 0 Å². The molecule has 28 heavy (non-hydrogen) atoms. The number of sulfonamides is 1. The minimum atomic E-state index is -3.46. The molecule has 1 N–H and O–H groups in total. The largest absolute Gasteiger partial charge is 0.351 e. The standard InChI is InChI=1S/C22H30N2O3S/c1-4-10-21(19-11-8-7-9-12-19)22(25)23-17-18-13-15-20(16-14-18)28(26,27)24(5-2)6-3/h7-9,11-16,21H,4-6,10,17H2,1-3H3,(H,23,25)/t21-/m1/s1. The highest BCUT2D eigenvalue weighted by molar-refractivity contribution is 7.89. The molecule has 0 aliphatic heterocycles. The number of hydrogen-bond donors (Lipinski definition) is 1. The molecule has 0 spiro atoms. The van der Waals surface area contributed by atoms with Gasteiger partial charge in [0.05, 0.1) is 10.8 Å². The highest BCUT2D eigenvalue weighted by Crippen LogP contribution is 2.22. The lowest BCUT2D eigenvalue weighted by Gasteiger charge is -2.19. The maximum absolute atomic E-state index is 12.7. The van der Waals surface area contributed by atoms with E-state index in [-0.39, 0.29) is 16.7 Å². The van der Waals surface area contributed by atoms with Crippen LogP contribution in [-0.4, -0.2) is 31.7 Å². The first kappa shape index (κ1) is 22.1. The van der Waals surface area contributed by atoms with Gasteiger partial charge in [-0.05, 0) is 29.7 Å². The van der Waals surface area contributed by atoms with E-state index in [1.807, 2.05) is 44.2 Å². The molecule has 0 saturated heterocycles. The Balaban J connectivity index is 2.05. The average Bonchev–Trinajstić information content (AvgIpc) is 2.72. The minimum absolute atomic E-state index is 0.00658. The highest BCUT2D eigenvalue weighted by Gasteiger charge is 2.22. The molecule has 1 amide bonds. The first-order chi connectivity index (χ1) is 13.4. The van der Waals surface area contributed by atoms with Crippen molar-refractivity contribution in [3.63, 3.8) is 0 Å². The molecular formula is C22H30N2O3S. The summed E-state index contributed by atoms with van der Waals surface area (Å²) >= 11 is 0. The molecule has 0 fully saturated rings. The van der Waals surface area contributed by atoms with Crippen LogP contribution in [0, 0.1) is 0 Å². The van der Waals surface area contributed by atoms with Crippen LogP contribution in [0.25, 0.3) is 0 Å². The average molecular weight is 403 g/mol. The Morgan fingerprint density at radius 3 is 2.11 bits per heavy atom. The number of carbonyl (C=O) groups excluding carboxylic acids is 1. The summed E-state index contributed by atoms with van der Waals surface area (Å²) in [5, 5.41) is 2.99. The third kappa shape index (κ3) is 5.42. The predicted molar refractivity (Wildman–Crippen MR) is 112 cm³/mol. The molecule has 152 valence electrons. The van der Waals surface area contributed by atoms with Gasteiger partial charge in [0.2, 0.25) is 15.9 Å². The second kappa shape index (κ2) is 10.4. The van der Waals surface area contributed by atoms with E-state index >= 15 is 0 Å². The summed E-state index contributed by atoms with van der Waals surface area (Å²) in [5.74, 6) is -0.179. The summed E-state index contributed by atoms with van der Waals surface area (Å²) < 4.78 is 26.5. The maximum Gasteiger partial charge on any atom is 0.243 e. The monoisotopic (exact) mass is 402 g/mol. The number of nitrogens with zero attached hydrogens (tertiary/aromatic N) is 1. The van der Waals surface area contributed by atoms with Gasteiger partial charge in [-0.3, -0.25) is 4.79 Å². The van der Waals surface area contributed by atoms with Gasteiger partial charge in [-0.1, -0.05) is 69.7 Å². The van der Waals surface area contributed by atoms with E-state index in [1.165, 1.54) is 4.31 Å². The van der Waals surface area contributed by atoms with Crippen molar-refractivity contribution in [1.29, 1.82) is 0 Å². The van der Waals surface area contributed by atoms with Gasteiger partial charge in [0, 0.05) is 19.6 Å². The van der Waals surface area contributed by atoms with Gasteiger partial charge in [0.25, 0.3) is 0 Å². The lowest BCUT2D eigenvalue weighted by molar-refractivity contribution is -0.122. The first-order valence-corrected chi connectivity index (χ1v) is 11.3. The Morgan fingerprint density at radius 2 is 1.57 bits per heavy atom. The third-order valence-corrected chi connectivity index (χ3v) is 6.89. The molecule has 0 unspecified atom stereocenters. The van der Waals surface area contributed by atoms with Gasteiger partial charge >= 0.3 is 0 Å². The van der Waals surface area contributed by atoms with Gasteiger partial charge < -0.3 is 5.32 Å². The Kier molecular flexibility index (Phi) is 8.20. The molecule has 0 aromatic heterocycles. The zero-order valence-electron chi connectivity index (χ0n) is 16.9. The topological polar surface area (TPSA) is 66.5 Å². The summed E-state index contributed by atoms with van der Waals surface area (Å²) in [6, 6.07) is 16.5. The van der Waals surface area contributed by atoms with E-state index in [0.717, 1.165) is 24.0 Å². The molecular weight excluding hydrogens is 372 g/mol. The zero-order chi connectivity index (χ0) is 20.6. The Labute approximate surface area is 168 Å². The molecule has 1 atom stereocenters. The smallest absolute Gasteiger partial charge is 0.243 e. The number of benzene rings is 2. The van der Waals surface area contributed by atoms with Crippen LogP contribution in [-0.2, 0) is 21.4 Å². The fraction of sp³-hybridized carbons (Fsp3) is 0.409. The van der Waals surface area contributed by atoms with Gasteiger partial charge in [0.15, 0.2) is 0 Å². The fourth-order valence-corrected chi connectivity index (χ4v) is 4.69. The molecule has 0 aliphatic carbocycles. The molecule has 0 aliphatic rings. The van der Waals surface area contributed by atoms with Crippen molar-refractivity contribution in [2.75, 3.05) is 13.1 Å². The van der Waals surface area contributed by atoms with Gasteiger partial charge in [0.1, 0.15) is 0 Å². The highest BCUT2D eigenvalue weighted by atomic mass is 32.2. The van der Waals surface area contributed by atoms with Crippen LogP contribution in [0.4, 0.5) is 0 Å². The molecule has 2 aromatic rings. The predicted octanol–water partition coefficient (Wildman–Crippen LogP) is 3.92. The zero-order valence-corrected chi connectivity index (χ0v) is 17.7. The second-order valence-corrected chi connectivity index (χ2v) is 8.64. The molecule has 2 rings (SSSR count). The van der Waals surface area contributed by atoms with Crippen molar-refractivity contribution in [1.82, 2.24) is 9.62 Å². The van der Waals surface area contributed by atoms with Gasteiger partial charge in [-0.25, -0.2) is 8.42 Å². The Hall–Kier alpha value is -2.18. The lowest BCUT2D eigenvalue weighted by atomic mass is 9.93. The summed E-state index contributed by atoms with van der Waals surface area (Å²) in [5.41, 5.74) is 1.89. The maximum atomic E-state index is 12.7. The molecule has 5 nitrogen and oxygen atoms in total. The van der Waals surface area contributed by atoms with Crippen molar-refractivity contribution in [2.45, 2.75) is 51.0 Å². The van der Waals surface area contributed by atoms with Crippen molar-refractivity contribution in [3.8, 4) is 0 Å². The molecule has 0 saturated carbocycles. The summed E-state index contributed by atoms with van der Waals surface area (Å²) in [4.78, 5) is 13.0. The van der Waals surface area contributed by atoms with Crippen molar-refractivity contribution in [3.05, 3.63) is 65.7 Å². The van der Waals surface area contributed by atoms with Crippen molar-refractivity contribution >= 4 is 15.9 Å². The van der Waals surface area contributed by atoms with Crippen LogP contribution in [0.15, 0.2) is 59.5 Å². The van der Waals surface area contributed by atoms with Crippen LogP contribution in [0.2, 0.25) is 0 Å². The Bertz CT molecular complexity index is 845. The van der Waals surface area contributed by atoms with E-state index in [4.69, 9.17) is 0 Å².